The Balaban J connectivity index is 1.82. The average molecular weight is 328 g/mol. The maximum absolute atomic E-state index is 11.2. The summed E-state index contributed by atoms with van der Waals surface area (Å²) in [5.41, 5.74) is -1.24. The van der Waals surface area contributed by atoms with E-state index < -0.39 is 26.5 Å². The Hall–Kier alpha value is 0.220. The molecule has 0 amide bonds. The van der Waals surface area contributed by atoms with Crippen LogP contribution in [0.2, 0.25) is 0 Å². The molecule has 2 aliphatic rings. The van der Waals surface area contributed by atoms with Crippen molar-refractivity contribution in [3.05, 3.63) is 0 Å². The minimum Gasteiger partial charge on any atom is -0.324 e. The molecular formula is C10H22N2O6P2. The van der Waals surface area contributed by atoms with Crippen LogP contribution in [0.4, 0.5) is 0 Å². The van der Waals surface area contributed by atoms with E-state index in [2.05, 4.69) is 10.6 Å². The van der Waals surface area contributed by atoms with Crippen LogP contribution in [0.3, 0.4) is 0 Å². The number of piperidine rings is 2. The van der Waals surface area contributed by atoms with Gasteiger partial charge in [-0.3, -0.25) is 9.13 Å². The lowest BCUT2D eigenvalue weighted by molar-refractivity contribution is 0.250. The van der Waals surface area contributed by atoms with Crippen LogP contribution in [-0.4, -0.2) is 56.1 Å². The van der Waals surface area contributed by atoms with Gasteiger partial charge in [0.1, 0.15) is 0 Å². The van der Waals surface area contributed by atoms with Crippen molar-refractivity contribution in [2.45, 2.75) is 49.1 Å². The second-order valence-electron chi connectivity index (χ2n) is 5.67. The Labute approximate surface area is 117 Å². The van der Waals surface area contributed by atoms with Crippen molar-refractivity contribution in [2.24, 2.45) is 0 Å². The summed E-state index contributed by atoms with van der Waals surface area (Å²) >= 11 is 0. The van der Waals surface area contributed by atoms with Crippen molar-refractivity contribution < 1.29 is 28.7 Å². The smallest absolute Gasteiger partial charge is 0.324 e. The molecule has 2 aliphatic heterocycles. The molecule has 0 aromatic carbocycles. The predicted molar refractivity (Wildman–Crippen MR) is 73.7 cm³/mol. The molecule has 4 unspecified atom stereocenters. The second kappa shape index (κ2) is 6.15. The zero-order chi connectivity index (χ0) is 15.0. The summed E-state index contributed by atoms with van der Waals surface area (Å²) < 4.78 is 22.3. The normalized spacial score (nSPS) is 36.8. The van der Waals surface area contributed by atoms with Crippen molar-refractivity contribution in [1.82, 2.24) is 10.6 Å². The molecule has 0 bridgehead atoms. The first-order valence-corrected chi connectivity index (χ1v) is 10.1. The van der Waals surface area contributed by atoms with E-state index in [-0.39, 0.29) is 25.2 Å². The fraction of sp³-hybridized carbons (Fsp3) is 1.00. The van der Waals surface area contributed by atoms with E-state index in [1.165, 1.54) is 0 Å². The minimum atomic E-state index is -4.03. The monoisotopic (exact) mass is 328 g/mol. The van der Waals surface area contributed by atoms with Crippen LogP contribution < -0.4 is 10.6 Å². The maximum atomic E-state index is 11.2. The van der Waals surface area contributed by atoms with Crippen LogP contribution in [0.5, 0.6) is 0 Å². The summed E-state index contributed by atoms with van der Waals surface area (Å²) in [6.45, 7) is 0.574. The van der Waals surface area contributed by atoms with Gasteiger partial charge in [0, 0.05) is 25.2 Å². The molecule has 0 saturated carbocycles. The van der Waals surface area contributed by atoms with Gasteiger partial charge >= 0.3 is 15.2 Å². The maximum Gasteiger partial charge on any atom is 0.329 e. The van der Waals surface area contributed by atoms with Crippen LogP contribution in [0.25, 0.3) is 0 Å². The quantitative estimate of drug-likeness (QED) is 0.384. The molecule has 2 saturated heterocycles. The van der Waals surface area contributed by atoms with Crippen LogP contribution in [0.1, 0.15) is 25.7 Å². The molecule has 0 radical (unpaired) electrons. The van der Waals surface area contributed by atoms with Crippen LogP contribution in [0, 0.1) is 0 Å². The van der Waals surface area contributed by atoms with Gasteiger partial charge in [-0.05, 0) is 25.7 Å². The lowest BCUT2D eigenvalue weighted by Gasteiger charge is -2.39. The van der Waals surface area contributed by atoms with Crippen molar-refractivity contribution in [3.63, 3.8) is 0 Å². The molecular weight excluding hydrogens is 306 g/mol. The summed E-state index contributed by atoms with van der Waals surface area (Å²) in [6.07, 6.45) is 2.27. The number of hydrogen-bond donors (Lipinski definition) is 6. The van der Waals surface area contributed by atoms with Gasteiger partial charge in [0.2, 0.25) is 0 Å². The first-order chi connectivity index (χ1) is 9.18. The molecule has 4 atom stereocenters. The Kier molecular flexibility index (Phi) is 5.10. The summed E-state index contributed by atoms with van der Waals surface area (Å²) in [5.74, 6) is 0. The van der Waals surface area contributed by atoms with Gasteiger partial charge in [-0.2, -0.15) is 0 Å². The Bertz CT molecular complexity index is 379. The molecule has 2 fully saturated rings. The van der Waals surface area contributed by atoms with Gasteiger partial charge in [-0.15, -0.1) is 0 Å². The van der Waals surface area contributed by atoms with E-state index in [4.69, 9.17) is 19.6 Å². The molecule has 118 valence electrons. The van der Waals surface area contributed by atoms with E-state index in [1.807, 2.05) is 0 Å². The predicted octanol–water partition coefficient (Wildman–Crippen LogP) is -0.417. The minimum absolute atomic E-state index is 0.107. The molecule has 20 heavy (non-hydrogen) atoms. The van der Waals surface area contributed by atoms with E-state index in [1.54, 1.807) is 0 Å². The fourth-order valence-corrected chi connectivity index (χ4v) is 4.65. The van der Waals surface area contributed by atoms with E-state index >= 15 is 0 Å². The summed E-state index contributed by atoms with van der Waals surface area (Å²) in [5, 5.41) is 6.30. The number of nitrogens with one attached hydrogen (secondary N) is 2. The largest absolute Gasteiger partial charge is 0.329 e. The SMILES string of the molecule is O=P(O)(O)C1CCC(C2CCC(P(=O)(O)O)CN2)NC1. The Morgan fingerprint density at radius 3 is 1.25 bits per heavy atom. The zero-order valence-corrected chi connectivity index (χ0v) is 12.8. The van der Waals surface area contributed by atoms with Gasteiger partial charge in [0.25, 0.3) is 0 Å². The number of hydrogen-bond acceptors (Lipinski definition) is 4. The lowest BCUT2D eigenvalue weighted by Crippen LogP contribution is -2.56. The standard InChI is InChI=1S/C10H22N2O6P2/c13-19(14,15)7-1-3-9(11-5-7)10-4-2-8(6-12-10)20(16,17)18/h7-12H,1-6H2,(H2,13,14,15)(H2,16,17,18). The highest BCUT2D eigenvalue weighted by Gasteiger charge is 2.38. The van der Waals surface area contributed by atoms with E-state index in [0.717, 1.165) is 0 Å². The van der Waals surface area contributed by atoms with E-state index in [0.29, 0.717) is 25.7 Å². The van der Waals surface area contributed by atoms with Crippen molar-refractivity contribution in [2.75, 3.05) is 13.1 Å². The second-order valence-corrected chi connectivity index (χ2v) is 9.49. The van der Waals surface area contributed by atoms with Crippen LogP contribution in [0.15, 0.2) is 0 Å². The van der Waals surface area contributed by atoms with Crippen LogP contribution in [-0.2, 0) is 9.13 Å². The van der Waals surface area contributed by atoms with Crippen molar-refractivity contribution >= 4 is 15.2 Å². The molecule has 10 heteroatoms. The zero-order valence-electron chi connectivity index (χ0n) is 11.1. The van der Waals surface area contributed by atoms with Gasteiger partial charge in [0.15, 0.2) is 0 Å². The van der Waals surface area contributed by atoms with Gasteiger partial charge in [-0.25, -0.2) is 0 Å². The molecule has 6 N–H and O–H groups in total. The first kappa shape index (κ1) is 16.6. The highest BCUT2D eigenvalue weighted by atomic mass is 31.2. The third-order valence-electron chi connectivity index (χ3n) is 4.29. The van der Waals surface area contributed by atoms with Crippen molar-refractivity contribution in [3.8, 4) is 0 Å². The van der Waals surface area contributed by atoms with Gasteiger partial charge in [-0.1, -0.05) is 0 Å². The molecule has 0 aromatic rings. The molecule has 0 aliphatic carbocycles. The first-order valence-electron chi connectivity index (χ1n) is 6.75. The summed E-state index contributed by atoms with van der Waals surface area (Å²) in [4.78, 5) is 36.5. The molecule has 2 heterocycles. The van der Waals surface area contributed by atoms with Gasteiger partial charge < -0.3 is 30.2 Å². The van der Waals surface area contributed by atoms with E-state index in [9.17, 15) is 9.13 Å². The van der Waals surface area contributed by atoms with Crippen LogP contribution >= 0.6 is 15.2 Å². The molecule has 0 aromatic heterocycles. The topological polar surface area (TPSA) is 139 Å². The van der Waals surface area contributed by atoms with Gasteiger partial charge in [0.05, 0.1) is 11.3 Å². The highest BCUT2D eigenvalue weighted by Crippen LogP contribution is 2.46. The number of rotatable bonds is 3. The third kappa shape index (κ3) is 4.12. The lowest BCUT2D eigenvalue weighted by atomic mass is 9.91. The molecule has 8 nitrogen and oxygen atoms in total. The molecule has 0 spiro atoms. The van der Waals surface area contributed by atoms with Crippen molar-refractivity contribution in [1.29, 1.82) is 0 Å². The Morgan fingerprint density at radius 1 is 0.700 bits per heavy atom. The summed E-state index contributed by atoms with van der Waals surface area (Å²) in [7, 11) is -8.05. The molecule has 2 rings (SSSR count). The highest BCUT2D eigenvalue weighted by molar-refractivity contribution is 7.52. The average Bonchev–Trinajstić information content (AvgIpc) is 2.37. The Morgan fingerprint density at radius 2 is 1.05 bits per heavy atom. The fourth-order valence-electron chi connectivity index (χ4n) is 2.99. The summed E-state index contributed by atoms with van der Waals surface area (Å²) in [6, 6.07) is 0.214. The third-order valence-corrected chi connectivity index (χ3v) is 7.07.